The first-order valence-electron chi connectivity index (χ1n) is 8.12. The normalized spacial score (nSPS) is 11.4. The predicted octanol–water partition coefficient (Wildman–Crippen LogP) is 3.60. The lowest BCUT2D eigenvalue weighted by Crippen LogP contribution is -2.27. The van der Waals surface area contributed by atoms with Crippen LogP contribution in [0.15, 0.2) is 53.6 Å². The van der Waals surface area contributed by atoms with Gasteiger partial charge in [-0.1, -0.05) is 23.5 Å². The van der Waals surface area contributed by atoms with Crippen molar-refractivity contribution in [3.63, 3.8) is 0 Å². The summed E-state index contributed by atoms with van der Waals surface area (Å²) in [6.45, 7) is 1.95. The zero-order valence-electron chi connectivity index (χ0n) is 14.9. The Morgan fingerprint density at radius 2 is 1.92 bits per heavy atom. The highest BCUT2D eigenvalue weighted by molar-refractivity contribution is 7.22. The van der Waals surface area contributed by atoms with Gasteiger partial charge in [-0.3, -0.25) is 10.2 Å². The fourth-order valence-electron chi connectivity index (χ4n) is 2.18. The molecule has 0 spiro atoms. The number of hydrogen-bond donors (Lipinski definition) is 1. The van der Waals surface area contributed by atoms with Gasteiger partial charge < -0.3 is 9.64 Å². The van der Waals surface area contributed by atoms with E-state index in [2.05, 4.69) is 15.5 Å². The second-order valence-corrected chi connectivity index (χ2v) is 6.93. The molecule has 0 saturated carbocycles. The van der Waals surface area contributed by atoms with Crippen LogP contribution in [0.5, 0.6) is 5.75 Å². The quantitative estimate of drug-likeness (QED) is 0.533. The number of thiazole rings is 1. The molecule has 26 heavy (non-hydrogen) atoms. The Morgan fingerprint density at radius 1 is 1.19 bits per heavy atom. The summed E-state index contributed by atoms with van der Waals surface area (Å²) in [5.41, 5.74) is 5.77. The van der Waals surface area contributed by atoms with E-state index in [0.717, 1.165) is 26.6 Å². The smallest absolute Gasteiger partial charge is 0.259 e. The van der Waals surface area contributed by atoms with E-state index in [-0.39, 0.29) is 12.5 Å². The van der Waals surface area contributed by atoms with E-state index >= 15 is 0 Å². The van der Waals surface area contributed by atoms with Crippen molar-refractivity contribution in [1.82, 2.24) is 9.88 Å². The van der Waals surface area contributed by atoms with Crippen LogP contribution in [0.1, 0.15) is 12.5 Å². The number of rotatable bonds is 6. The van der Waals surface area contributed by atoms with Crippen molar-refractivity contribution in [2.24, 2.45) is 5.10 Å². The highest BCUT2D eigenvalue weighted by Crippen LogP contribution is 2.25. The number of likely N-dealkylation sites (N-methyl/N-ethyl adjacent to an activating group) is 1. The Labute approximate surface area is 156 Å². The molecule has 6 nitrogen and oxygen atoms in total. The van der Waals surface area contributed by atoms with Gasteiger partial charge in [-0.05, 0) is 48.9 Å². The van der Waals surface area contributed by atoms with Crippen molar-refractivity contribution in [3.05, 3.63) is 54.1 Å². The lowest BCUT2D eigenvalue weighted by molar-refractivity contribution is -0.130. The van der Waals surface area contributed by atoms with Crippen molar-refractivity contribution in [3.8, 4) is 5.75 Å². The molecule has 1 amide bonds. The van der Waals surface area contributed by atoms with Crippen LogP contribution in [0.2, 0.25) is 0 Å². The predicted molar refractivity (Wildman–Crippen MR) is 106 cm³/mol. The number of fused-ring (bicyclic) bond motifs is 1. The Bertz CT molecular complexity index is 899. The number of carbonyl (C=O) groups is 1. The van der Waals surface area contributed by atoms with Crippen LogP contribution >= 0.6 is 11.3 Å². The topological polar surface area (TPSA) is 66.8 Å². The van der Waals surface area contributed by atoms with E-state index in [1.54, 1.807) is 25.4 Å². The molecule has 7 heteroatoms. The summed E-state index contributed by atoms with van der Waals surface area (Å²) in [7, 11) is 3.40. The zero-order chi connectivity index (χ0) is 18.5. The number of benzene rings is 2. The Kier molecular flexibility index (Phi) is 5.48. The highest BCUT2D eigenvalue weighted by atomic mass is 32.1. The number of para-hydroxylation sites is 1. The maximum atomic E-state index is 11.5. The Hall–Kier alpha value is -2.93. The number of nitrogens with zero attached hydrogens (tertiary/aromatic N) is 3. The molecule has 0 aliphatic heterocycles. The van der Waals surface area contributed by atoms with Crippen LogP contribution in [-0.4, -0.2) is 42.2 Å². The molecule has 0 fully saturated rings. The van der Waals surface area contributed by atoms with Crippen molar-refractivity contribution < 1.29 is 9.53 Å². The van der Waals surface area contributed by atoms with Crippen LogP contribution in [0.25, 0.3) is 10.2 Å². The van der Waals surface area contributed by atoms with E-state index in [9.17, 15) is 4.79 Å². The molecule has 1 aromatic heterocycles. The molecule has 0 bridgehead atoms. The van der Waals surface area contributed by atoms with Crippen LogP contribution in [0.3, 0.4) is 0 Å². The van der Waals surface area contributed by atoms with Gasteiger partial charge in [-0.15, -0.1) is 0 Å². The standard InChI is InChI=1S/C19H20N4O2S/c1-13(21-22-19-20-16-6-4-5-7-17(16)26-19)14-8-10-15(11-9-14)25-12-18(24)23(2)3/h4-11H,12H2,1-3H3,(H,20,22)/b21-13-. The second-order valence-electron chi connectivity index (χ2n) is 5.90. The van der Waals surface area contributed by atoms with E-state index in [1.165, 1.54) is 4.90 Å². The SMILES string of the molecule is C/C(=N/Nc1nc2ccccc2s1)c1ccc(OCC(=O)N(C)C)cc1. The first-order valence-corrected chi connectivity index (χ1v) is 8.94. The lowest BCUT2D eigenvalue weighted by Gasteiger charge is -2.11. The van der Waals surface area contributed by atoms with Gasteiger partial charge in [-0.25, -0.2) is 4.98 Å². The average molecular weight is 368 g/mol. The minimum atomic E-state index is -0.0770. The monoisotopic (exact) mass is 368 g/mol. The molecular weight excluding hydrogens is 348 g/mol. The molecule has 134 valence electrons. The molecule has 3 aromatic rings. The third-order valence-corrected chi connectivity index (χ3v) is 4.69. The Balaban J connectivity index is 1.62. The molecule has 0 aliphatic rings. The van der Waals surface area contributed by atoms with Gasteiger partial charge in [0.05, 0.1) is 15.9 Å². The molecule has 0 aliphatic carbocycles. The third-order valence-electron chi connectivity index (χ3n) is 3.75. The lowest BCUT2D eigenvalue weighted by atomic mass is 10.1. The third kappa shape index (κ3) is 4.37. The van der Waals surface area contributed by atoms with E-state index in [4.69, 9.17) is 4.74 Å². The van der Waals surface area contributed by atoms with Gasteiger partial charge in [0, 0.05) is 14.1 Å². The maximum Gasteiger partial charge on any atom is 0.259 e. The van der Waals surface area contributed by atoms with Crippen LogP contribution in [0, 0.1) is 0 Å². The number of ether oxygens (including phenoxy) is 1. The summed E-state index contributed by atoms with van der Waals surface area (Å²) in [5.74, 6) is 0.572. The van der Waals surface area contributed by atoms with Crippen molar-refractivity contribution in [2.45, 2.75) is 6.92 Å². The maximum absolute atomic E-state index is 11.5. The number of hydrazone groups is 1. The molecule has 0 unspecified atom stereocenters. The van der Waals surface area contributed by atoms with Crippen molar-refractivity contribution >= 4 is 38.3 Å². The number of amides is 1. The number of carbonyl (C=O) groups excluding carboxylic acids is 1. The molecule has 3 rings (SSSR count). The number of anilines is 1. The minimum absolute atomic E-state index is 0.0264. The van der Waals surface area contributed by atoms with E-state index < -0.39 is 0 Å². The summed E-state index contributed by atoms with van der Waals surface area (Å²) in [4.78, 5) is 17.5. The number of aromatic nitrogens is 1. The van der Waals surface area contributed by atoms with Crippen LogP contribution in [0.4, 0.5) is 5.13 Å². The molecule has 0 radical (unpaired) electrons. The molecule has 1 heterocycles. The van der Waals surface area contributed by atoms with Gasteiger partial charge in [0.25, 0.3) is 5.91 Å². The largest absolute Gasteiger partial charge is 0.484 e. The summed E-state index contributed by atoms with van der Waals surface area (Å²) in [6, 6.07) is 15.5. The molecule has 1 N–H and O–H groups in total. The first-order chi connectivity index (χ1) is 12.5. The first kappa shape index (κ1) is 17.9. The highest BCUT2D eigenvalue weighted by Gasteiger charge is 2.06. The van der Waals surface area contributed by atoms with Gasteiger partial charge >= 0.3 is 0 Å². The van der Waals surface area contributed by atoms with Crippen molar-refractivity contribution in [1.29, 1.82) is 0 Å². The fourth-order valence-corrected chi connectivity index (χ4v) is 2.99. The van der Waals surface area contributed by atoms with Crippen LogP contribution < -0.4 is 10.2 Å². The molecular formula is C19H20N4O2S. The summed E-state index contributed by atoms with van der Waals surface area (Å²) >= 11 is 1.56. The van der Waals surface area contributed by atoms with Crippen molar-refractivity contribution in [2.75, 3.05) is 26.1 Å². The minimum Gasteiger partial charge on any atom is -0.484 e. The number of nitrogens with one attached hydrogen (secondary N) is 1. The number of hydrogen-bond acceptors (Lipinski definition) is 6. The van der Waals surface area contributed by atoms with Gasteiger partial charge in [0.15, 0.2) is 6.61 Å². The molecule has 0 saturated heterocycles. The summed E-state index contributed by atoms with van der Waals surface area (Å²) in [6.07, 6.45) is 0. The average Bonchev–Trinajstić information content (AvgIpc) is 3.07. The Morgan fingerprint density at radius 3 is 2.62 bits per heavy atom. The molecule has 2 aromatic carbocycles. The van der Waals surface area contributed by atoms with Crippen LogP contribution in [-0.2, 0) is 4.79 Å². The summed E-state index contributed by atoms with van der Waals surface area (Å²) < 4.78 is 6.59. The zero-order valence-corrected chi connectivity index (χ0v) is 15.7. The molecule has 0 atom stereocenters. The summed E-state index contributed by atoms with van der Waals surface area (Å²) in [5, 5.41) is 5.16. The fraction of sp³-hybridized carbons (Fsp3) is 0.211. The second kappa shape index (κ2) is 7.97. The van der Waals surface area contributed by atoms with Gasteiger partial charge in [-0.2, -0.15) is 5.10 Å². The van der Waals surface area contributed by atoms with Gasteiger partial charge in [0.2, 0.25) is 5.13 Å². The van der Waals surface area contributed by atoms with E-state index in [0.29, 0.717) is 5.75 Å². The van der Waals surface area contributed by atoms with Gasteiger partial charge in [0.1, 0.15) is 5.75 Å². The van der Waals surface area contributed by atoms with E-state index in [1.807, 2.05) is 55.5 Å².